The van der Waals surface area contributed by atoms with Gasteiger partial charge in [0, 0.05) is 36.4 Å². The summed E-state index contributed by atoms with van der Waals surface area (Å²) in [6.45, 7) is 0. The lowest BCUT2D eigenvalue weighted by Crippen LogP contribution is -2.20. The highest BCUT2D eigenvalue weighted by Gasteiger charge is 2.17. The Balaban J connectivity index is 1.74. The smallest absolute Gasteiger partial charge is 0.272 e. The molecule has 0 bridgehead atoms. The van der Waals surface area contributed by atoms with Crippen LogP contribution < -0.4 is 11.2 Å². The zero-order chi connectivity index (χ0) is 16.4. The van der Waals surface area contributed by atoms with Gasteiger partial charge in [0.05, 0.1) is 10.5 Å². The van der Waals surface area contributed by atoms with E-state index in [1.807, 2.05) is 24.3 Å². The normalized spacial score (nSPS) is 12.6. The minimum Gasteiger partial charge on any atom is -0.399 e. The summed E-state index contributed by atoms with van der Waals surface area (Å²) in [4.78, 5) is 22.3. The second kappa shape index (κ2) is 5.88. The molecule has 0 unspecified atom stereocenters. The number of hydrogen-bond donors (Lipinski definition) is 2. The number of nitrogen functional groups attached to an aromatic ring is 1. The fraction of sp³-hybridized carbons (Fsp3) is 0.125. The van der Waals surface area contributed by atoms with Gasteiger partial charge in [0.1, 0.15) is 0 Å². The van der Waals surface area contributed by atoms with E-state index in [1.165, 1.54) is 29.3 Å². The highest BCUT2D eigenvalue weighted by molar-refractivity contribution is 5.98. The lowest BCUT2D eigenvalue weighted by Gasteiger charge is -2.03. The Morgan fingerprint density at radius 1 is 1.17 bits per heavy atom. The number of nitrogens with zero attached hydrogens (tertiary/aromatic N) is 2. The first-order chi connectivity index (χ1) is 11.0. The summed E-state index contributed by atoms with van der Waals surface area (Å²) in [5.41, 5.74) is 11.3. The molecule has 0 heterocycles. The Hall–Kier alpha value is -3.22. The molecule has 1 aliphatic rings. The Morgan fingerprint density at radius 3 is 2.43 bits per heavy atom. The third kappa shape index (κ3) is 3.18. The Morgan fingerprint density at radius 2 is 1.83 bits per heavy atom. The van der Waals surface area contributed by atoms with Crippen molar-refractivity contribution in [2.24, 2.45) is 5.10 Å². The van der Waals surface area contributed by atoms with Crippen LogP contribution in [0, 0.1) is 10.1 Å². The molecule has 2 aromatic rings. The highest BCUT2D eigenvalue weighted by Crippen LogP contribution is 2.20. The molecule has 2 aromatic carbocycles. The van der Waals surface area contributed by atoms with Crippen LogP contribution in [0.2, 0.25) is 0 Å². The predicted molar refractivity (Wildman–Crippen MR) is 86.3 cm³/mol. The number of amides is 1. The van der Waals surface area contributed by atoms with Gasteiger partial charge < -0.3 is 5.73 Å². The molecule has 7 nitrogen and oxygen atoms in total. The number of rotatable bonds is 3. The molecule has 7 heteroatoms. The number of nitrogens with one attached hydrogen (secondary N) is 1. The third-order valence-electron chi connectivity index (χ3n) is 3.64. The molecule has 0 aromatic heterocycles. The number of non-ortho nitro benzene ring substituents is 1. The summed E-state index contributed by atoms with van der Waals surface area (Å²) in [7, 11) is 0. The molecule has 0 atom stereocenters. The minimum absolute atomic E-state index is 0.108. The van der Waals surface area contributed by atoms with Crippen molar-refractivity contribution in [2.75, 3.05) is 5.73 Å². The standard InChI is InChI=1S/C16H14N4O3/c17-13-5-12(8-15(9-13)20(22)23)16(21)19-18-14-6-10-3-1-2-4-11(10)7-14/h1-5,8-9H,6-7,17H2,(H,19,21). The lowest BCUT2D eigenvalue weighted by molar-refractivity contribution is -0.384. The van der Waals surface area contributed by atoms with Gasteiger partial charge in [-0.2, -0.15) is 5.10 Å². The fourth-order valence-electron chi connectivity index (χ4n) is 2.55. The van der Waals surface area contributed by atoms with Crippen molar-refractivity contribution < 1.29 is 9.72 Å². The summed E-state index contributed by atoms with van der Waals surface area (Å²) in [6, 6.07) is 11.7. The molecule has 0 radical (unpaired) electrons. The molecule has 0 fully saturated rings. The van der Waals surface area contributed by atoms with Crippen molar-refractivity contribution in [3.05, 3.63) is 69.3 Å². The van der Waals surface area contributed by atoms with Gasteiger partial charge in [0.25, 0.3) is 11.6 Å². The van der Waals surface area contributed by atoms with Crippen LogP contribution in [0.15, 0.2) is 47.6 Å². The second-order valence-corrected chi connectivity index (χ2v) is 5.31. The van der Waals surface area contributed by atoms with E-state index in [9.17, 15) is 14.9 Å². The summed E-state index contributed by atoms with van der Waals surface area (Å²) < 4.78 is 0. The molecule has 116 valence electrons. The van der Waals surface area contributed by atoms with Crippen molar-refractivity contribution in [1.82, 2.24) is 5.43 Å². The van der Waals surface area contributed by atoms with E-state index in [1.54, 1.807) is 0 Å². The van der Waals surface area contributed by atoms with Crippen LogP contribution in [0.5, 0.6) is 0 Å². The quantitative estimate of drug-likeness (QED) is 0.513. The van der Waals surface area contributed by atoms with Crippen molar-refractivity contribution in [2.45, 2.75) is 12.8 Å². The van der Waals surface area contributed by atoms with E-state index in [-0.39, 0.29) is 16.9 Å². The number of nitro benzene ring substituents is 1. The van der Waals surface area contributed by atoms with E-state index in [4.69, 9.17) is 5.73 Å². The van der Waals surface area contributed by atoms with Gasteiger partial charge in [-0.3, -0.25) is 14.9 Å². The first-order valence-electron chi connectivity index (χ1n) is 7.00. The topological polar surface area (TPSA) is 111 Å². The average molecular weight is 310 g/mol. The molecular weight excluding hydrogens is 296 g/mol. The lowest BCUT2D eigenvalue weighted by atomic mass is 10.1. The largest absolute Gasteiger partial charge is 0.399 e. The van der Waals surface area contributed by atoms with E-state index >= 15 is 0 Å². The predicted octanol–water partition coefficient (Wildman–Crippen LogP) is 2.06. The van der Waals surface area contributed by atoms with E-state index in [0.29, 0.717) is 12.8 Å². The van der Waals surface area contributed by atoms with E-state index < -0.39 is 10.8 Å². The number of nitro groups is 1. The van der Waals surface area contributed by atoms with Crippen LogP contribution in [-0.2, 0) is 12.8 Å². The van der Waals surface area contributed by atoms with Crippen molar-refractivity contribution in [3.8, 4) is 0 Å². The maximum atomic E-state index is 12.1. The van der Waals surface area contributed by atoms with E-state index in [2.05, 4.69) is 10.5 Å². The number of anilines is 1. The second-order valence-electron chi connectivity index (χ2n) is 5.31. The van der Waals surface area contributed by atoms with Crippen LogP contribution in [0.4, 0.5) is 11.4 Å². The SMILES string of the molecule is Nc1cc(C(=O)NN=C2Cc3ccccc3C2)cc([N+](=O)[O-])c1. The summed E-state index contributed by atoms with van der Waals surface area (Å²) >= 11 is 0. The summed E-state index contributed by atoms with van der Waals surface area (Å²) in [6.07, 6.45) is 1.38. The Labute approximate surface area is 132 Å². The van der Waals surface area contributed by atoms with Gasteiger partial charge in [-0.15, -0.1) is 0 Å². The molecular formula is C16H14N4O3. The van der Waals surface area contributed by atoms with Gasteiger partial charge in [-0.05, 0) is 17.2 Å². The van der Waals surface area contributed by atoms with Gasteiger partial charge in [0.15, 0.2) is 0 Å². The number of hydrazone groups is 1. The molecule has 1 aliphatic carbocycles. The van der Waals surface area contributed by atoms with E-state index in [0.717, 1.165) is 5.71 Å². The van der Waals surface area contributed by atoms with Crippen LogP contribution in [0.25, 0.3) is 0 Å². The molecule has 0 saturated carbocycles. The molecule has 0 saturated heterocycles. The van der Waals surface area contributed by atoms with Crippen LogP contribution in [-0.4, -0.2) is 16.5 Å². The highest BCUT2D eigenvalue weighted by atomic mass is 16.6. The summed E-state index contributed by atoms with van der Waals surface area (Å²) in [5.74, 6) is -0.524. The van der Waals surface area contributed by atoms with Crippen LogP contribution in [0.1, 0.15) is 21.5 Å². The minimum atomic E-state index is -0.591. The number of carbonyl (C=O) groups is 1. The molecule has 0 spiro atoms. The van der Waals surface area contributed by atoms with Crippen LogP contribution in [0.3, 0.4) is 0 Å². The zero-order valence-corrected chi connectivity index (χ0v) is 12.2. The Kier molecular flexibility index (Phi) is 3.76. The Bertz CT molecular complexity index is 803. The number of nitrogens with two attached hydrogens (primary N) is 1. The molecule has 1 amide bonds. The van der Waals surface area contributed by atoms with Crippen LogP contribution >= 0.6 is 0 Å². The fourth-order valence-corrected chi connectivity index (χ4v) is 2.55. The first-order valence-corrected chi connectivity index (χ1v) is 7.00. The molecule has 3 rings (SSSR count). The van der Waals surface area contributed by atoms with Gasteiger partial charge in [-0.25, -0.2) is 5.43 Å². The van der Waals surface area contributed by atoms with Gasteiger partial charge >= 0.3 is 0 Å². The zero-order valence-electron chi connectivity index (χ0n) is 12.2. The van der Waals surface area contributed by atoms with Crippen molar-refractivity contribution in [3.63, 3.8) is 0 Å². The summed E-state index contributed by atoms with van der Waals surface area (Å²) in [5, 5.41) is 14.9. The first kappa shape index (κ1) is 14.7. The van der Waals surface area contributed by atoms with Crippen molar-refractivity contribution in [1.29, 1.82) is 0 Å². The molecule has 0 aliphatic heterocycles. The number of hydrogen-bond acceptors (Lipinski definition) is 5. The number of carbonyl (C=O) groups excluding carboxylic acids is 1. The average Bonchev–Trinajstić information content (AvgIpc) is 2.94. The third-order valence-corrected chi connectivity index (χ3v) is 3.64. The molecule has 3 N–H and O–H groups in total. The van der Waals surface area contributed by atoms with Crippen molar-refractivity contribution >= 4 is 23.0 Å². The van der Waals surface area contributed by atoms with Gasteiger partial charge in [-0.1, -0.05) is 24.3 Å². The molecule has 23 heavy (non-hydrogen) atoms. The maximum absolute atomic E-state index is 12.1. The number of benzene rings is 2. The number of fused-ring (bicyclic) bond motifs is 1. The maximum Gasteiger partial charge on any atom is 0.272 e. The van der Waals surface area contributed by atoms with Gasteiger partial charge in [0.2, 0.25) is 0 Å². The monoisotopic (exact) mass is 310 g/mol.